The molecule has 12 heavy (non-hydrogen) atoms. The fourth-order valence-corrected chi connectivity index (χ4v) is 1.17. The highest BCUT2D eigenvalue weighted by Gasteiger charge is 2.31. The number of rotatable bonds is 2. The number of carbonyl (C=O) groups excluding carboxylic acids is 1. The third-order valence-electron chi connectivity index (χ3n) is 2.26. The molecule has 0 aromatic rings. The van der Waals surface area contributed by atoms with Crippen LogP contribution in [0.25, 0.3) is 0 Å². The first-order chi connectivity index (χ1) is 5.75. The number of amides is 1. The van der Waals surface area contributed by atoms with Gasteiger partial charge in [-0.1, -0.05) is 0 Å². The van der Waals surface area contributed by atoms with E-state index in [1.807, 2.05) is 0 Å². The Bertz CT molecular complexity index is 185. The second-order valence-corrected chi connectivity index (χ2v) is 3.58. The second kappa shape index (κ2) is 2.94. The lowest BCUT2D eigenvalue weighted by Crippen LogP contribution is -2.53. The number of aliphatic hydroxyl groups excluding tert-OH is 1. The molecule has 1 aliphatic heterocycles. The Morgan fingerprint density at radius 3 is 2.67 bits per heavy atom. The summed E-state index contributed by atoms with van der Waals surface area (Å²) in [5.74, 6) is 0.611. The van der Waals surface area contributed by atoms with Gasteiger partial charge in [-0.05, 0) is 18.8 Å². The van der Waals surface area contributed by atoms with E-state index in [1.54, 1.807) is 0 Å². The zero-order valence-corrected chi connectivity index (χ0v) is 6.90. The Morgan fingerprint density at radius 2 is 2.17 bits per heavy atom. The van der Waals surface area contributed by atoms with E-state index in [2.05, 4.69) is 0 Å². The van der Waals surface area contributed by atoms with E-state index in [9.17, 15) is 4.79 Å². The highest BCUT2D eigenvalue weighted by molar-refractivity contribution is 5.68. The van der Waals surface area contributed by atoms with Gasteiger partial charge in [0.1, 0.15) is 0 Å². The molecule has 2 rings (SSSR count). The second-order valence-electron chi connectivity index (χ2n) is 3.58. The summed E-state index contributed by atoms with van der Waals surface area (Å²) in [6.07, 6.45) is 1.77. The molecule has 0 aromatic heterocycles. The number of ether oxygens (including phenoxy) is 1. The summed E-state index contributed by atoms with van der Waals surface area (Å²) in [5.41, 5.74) is 0. The topological polar surface area (TPSA) is 49.8 Å². The molecule has 4 heteroatoms. The average Bonchev–Trinajstić information content (AvgIpc) is 2.77. The molecule has 0 spiro atoms. The number of β-amino-alcohol motifs (C(OH)–C–C–N with tert-alkyl or cyclic N) is 1. The predicted octanol–water partition coefficient (Wildman–Crippen LogP) is 0.209. The van der Waals surface area contributed by atoms with Gasteiger partial charge in [-0.2, -0.15) is 0 Å². The quantitative estimate of drug-likeness (QED) is 0.646. The predicted molar refractivity (Wildman–Crippen MR) is 41.7 cm³/mol. The molecule has 0 atom stereocenters. The van der Waals surface area contributed by atoms with Crippen molar-refractivity contribution in [2.45, 2.75) is 18.9 Å². The van der Waals surface area contributed by atoms with Gasteiger partial charge in [-0.3, -0.25) is 0 Å². The van der Waals surface area contributed by atoms with Crippen molar-refractivity contribution in [3.05, 3.63) is 0 Å². The number of hydrogen-bond donors (Lipinski definition) is 1. The van der Waals surface area contributed by atoms with Gasteiger partial charge in [0.2, 0.25) is 0 Å². The molecule has 1 heterocycles. The number of hydrogen-bond acceptors (Lipinski definition) is 3. The van der Waals surface area contributed by atoms with Gasteiger partial charge in [-0.25, -0.2) is 4.79 Å². The van der Waals surface area contributed by atoms with Gasteiger partial charge in [0.15, 0.2) is 0 Å². The van der Waals surface area contributed by atoms with E-state index in [4.69, 9.17) is 9.84 Å². The minimum absolute atomic E-state index is 0.271. The maximum Gasteiger partial charge on any atom is 0.409 e. The van der Waals surface area contributed by atoms with Crippen LogP contribution < -0.4 is 0 Å². The van der Waals surface area contributed by atoms with Crippen molar-refractivity contribution < 1.29 is 14.6 Å². The fraction of sp³-hybridized carbons (Fsp3) is 0.875. The first kappa shape index (κ1) is 7.86. The van der Waals surface area contributed by atoms with Crippen molar-refractivity contribution in [2.75, 3.05) is 19.7 Å². The molecule has 0 bridgehead atoms. The third kappa shape index (κ3) is 1.69. The Balaban J connectivity index is 1.63. The van der Waals surface area contributed by atoms with E-state index in [1.165, 1.54) is 17.7 Å². The lowest BCUT2D eigenvalue weighted by atomic mass is 10.2. The maximum atomic E-state index is 11.1. The molecular formula is C8H13NO3. The van der Waals surface area contributed by atoms with E-state index in [0.29, 0.717) is 25.6 Å². The summed E-state index contributed by atoms with van der Waals surface area (Å²) in [6, 6.07) is 0. The van der Waals surface area contributed by atoms with E-state index < -0.39 is 0 Å². The van der Waals surface area contributed by atoms with Gasteiger partial charge in [0.05, 0.1) is 25.8 Å². The minimum atomic E-state index is -0.335. The number of aliphatic hydroxyl groups is 1. The summed E-state index contributed by atoms with van der Waals surface area (Å²) in [4.78, 5) is 12.6. The minimum Gasteiger partial charge on any atom is -0.449 e. The lowest BCUT2D eigenvalue weighted by molar-refractivity contribution is -0.00298. The van der Waals surface area contributed by atoms with Crippen LogP contribution in [0.2, 0.25) is 0 Å². The van der Waals surface area contributed by atoms with E-state index in [-0.39, 0.29) is 12.2 Å². The normalized spacial score (nSPS) is 23.6. The van der Waals surface area contributed by atoms with Gasteiger partial charge in [-0.15, -0.1) is 0 Å². The van der Waals surface area contributed by atoms with Gasteiger partial charge >= 0.3 is 6.09 Å². The van der Waals surface area contributed by atoms with Crippen molar-refractivity contribution in [3.63, 3.8) is 0 Å². The summed E-state index contributed by atoms with van der Waals surface area (Å²) in [7, 11) is 0. The number of nitrogens with zero attached hydrogens (tertiary/aromatic N) is 1. The van der Waals surface area contributed by atoms with Crippen molar-refractivity contribution in [1.82, 2.24) is 4.90 Å². The first-order valence-corrected chi connectivity index (χ1v) is 4.35. The zero-order chi connectivity index (χ0) is 8.55. The molecule has 68 valence electrons. The van der Waals surface area contributed by atoms with E-state index >= 15 is 0 Å². The summed E-state index contributed by atoms with van der Waals surface area (Å²) < 4.78 is 4.99. The molecule has 0 aromatic carbocycles. The van der Waals surface area contributed by atoms with Crippen molar-refractivity contribution in [1.29, 1.82) is 0 Å². The molecule has 0 radical (unpaired) electrons. The Kier molecular flexibility index (Phi) is 1.92. The molecule has 1 amide bonds. The van der Waals surface area contributed by atoms with Crippen LogP contribution in [-0.4, -0.2) is 41.9 Å². The summed E-state index contributed by atoms with van der Waals surface area (Å²) in [6.45, 7) is 1.43. The molecule has 1 saturated heterocycles. The van der Waals surface area contributed by atoms with Crippen LogP contribution in [0.4, 0.5) is 4.79 Å². The standard InChI is InChI=1S/C8H13NO3/c10-7-3-9(4-7)8(11)12-5-6-1-2-6/h6-7,10H,1-5H2. The number of likely N-dealkylation sites (tertiary alicyclic amines) is 1. The van der Waals surface area contributed by atoms with Crippen molar-refractivity contribution in [2.24, 2.45) is 5.92 Å². The monoisotopic (exact) mass is 171 g/mol. The third-order valence-corrected chi connectivity index (χ3v) is 2.26. The highest BCUT2D eigenvalue weighted by atomic mass is 16.6. The van der Waals surface area contributed by atoms with Crippen LogP contribution in [0.15, 0.2) is 0 Å². The molecule has 1 N–H and O–H groups in total. The van der Waals surface area contributed by atoms with Crippen LogP contribution in [0, 0.1) is 5.92 Å². The SMILES string of the molecule is O=C(OCC1CC1)N1CC(O)C1. The van der Waals surface area contributed by atoms with Crippen LogP contribution in [-0.2, 0) is 4.74 Å². The summed E-state index contributed by atoms with van der Waals surface area (Å²) in [5, 5.41) is 8.91. The highest BCUT2D eigenvalue weighted by Crippen LogP contribution is 2.29. The van der Waals surface area contributed by atoms with E-state index in [0.717, 1.165) is 0 Å². The van der Waals surface area contributed by atoms with Crippen LogP contribution in [0.3, 0.4) is 0 Å². The molecule has 2 fully saturated rings. The largest absolute Gasteiger partial charge is 0.449 e. The van der Waals surface area contributed by atoms with Crippen LogP contribution >= 0.6 is 0 Å². The molecule has 2 aliphatic rings. The molecule has 0 unspecified atom stereocenters. The number of carbonyl (C=O) groups is 1. The molecular weight excluding hydrogens is 158 g/mol. The Labute approximate surface area is 71.1 Å². The van der Waals surface area contributed by atoms with Gasteiger partial charge < -0.3 is 14.7 Å². The molecule has 1 saturated carbocycles. The molecule has 1 aliphatic carbocycles. The fourth-order valence-electron chi connectivity index (χ4n) is 1.17. The van der Waals surface area contributed by atoms with Gasteiger partial charge in [0.25, 0.3) is 0 Å². The summed E-state index contributed by atoms with van der Waals surface area (Å²) >= 11 is 0. The first-order valence-electron chi connectivity index (χ1n) is 4.35. The van der Waals surface area contributed by atoms with Crippen molar-refractivity contribution >= 4 is 6.09 Å². The van der Waals surface area contributed by atoms with Crippen LogP contribution in [0.1, 0.15) is 12.8 Å². The lowest BCUT2D eigenvalue weighted by Gasteiger charge is -2.34. The average molecular weight is 171 g/mol. The maximum absolute atomic E-state index is 11.1. The van der Waals surface area contributed by atoms with Crippen LogP contribution in [0.5, 0.6) is 0 Å². The Morgan fingerprint density at radius 1 is 1.50 bits per heavy atom. The zero-order valence-electron chi connectivity index (χ0n) is 6.90. The Hall–Kier alpha value is -0.770. The molecule has 4 nitrogen and oxygen atoms in total. The smallest absolute Gasteiger partial charge is 0.409 e. The van der Waals surface area contributed by atoms with Crippen molar-refractivity contribution in [3.8, 4) is 0 Å². The van der Waals surface area contributed by atoms with Gasteiger partial charge in [0, 0.05) is 0 Å².